The number of rotatable bonds is 5. The van der Waals surface area contributed by atoms with Crippen molar-refractivity contribution in [1.82, 2.24) is 5.32 Å². The lowest BCUT2D eigenvalue weighted by molar-refractivity contribution is -0.186. The monoisotopic (exact) mass is 314 g/mol. The lowest BCUT2D eigenvalue weighted by Gasteiger charge is -2.40. The Labute approximate surface area is 128 Å². The molecule has 0 radical (unpaired) electrons. The van der Waals surface area contributed by atoms with Crippen LogP contribution in [-0.2, 0) is 4.74 Å². The van der Waals surface area contributed by atoms with E-state index in [1.807, 2.05) is 0 Å². The Morgan fingerprint density at radius 3 is 2.86 bits per heavy atom. The third kappa shape index (κ3) is 3.27. The van der Waals surface area contributed by atoms with E-state index in [0.717, 1.165) is 11.7 Å². The summed E-state index contributed by atoms with van der Waals surface area (Å²) in [5, 5.41) is 34.3. The van der Waals surface area contributed by atoms with E-state index in [4.69, 9.17) is 4.74 Å². The minimum absolute atomic E-state index is 0.312. The van der Waals surface area contributed by atoms with Crippen molar-refractivity contribution < 1.29 is 20.1 Å². The number of fused-ring (bicyclic) bond motifs is 1. The first-order valence-corrected chi connectivity index (χ1v) is 8.26. The molecular formula is C14H22N2O4S. The van der Waals surface area contributed by atoms with Crippen molar-refractivity contribution in [2.75, 3.05) is 6.54 Å². The SMILES string of the molecule is C=CC[C@@H](O)C1O[C@@H]2SC(=NCC3CC3)N[C@@H]2[C@@H](O)[C@@H]1O. The van der Waals surface area contributed by atoms with E-state index in [0.29, 0.717) is 12.3 Å². The number of thioether (sulfide) groups is 1. The maximum atomic E-state index is 10.2. The summed E-state index contributed by atoms with van der Waals surface area (Å²) in [5.74, 6) is 0.695. The summed E-state index contributed by atoms with van der Waals surface area (Å²) >= 11 is 1.42. The quantitative estimate of drug-likeness (QED) is 0.527. The van der Waals surface area contributed by atoms with Crippen molar-refractivity contribution >= 4 is 16.9 Å². The molecule has 21 heavy (non-hydrogen) atoms. The molecule has 1 unspecified atom stereocenters. The second kappa shape index (κ2) is 6.26. The van der Waals surface area contributed by atoms with Gasteiger partial charge in [0, 0.05) is 6.54 Å². The molecule has 3 rings (SSSR count). The van der Waals surface area contributed by atoms with Crippen molar-refractivity contribution in [3.05, 3.63) is 12.7 Å². The molecule has 1 saturated carbocycles. The van der Waals surface area contributed by atoms with Gasteiger partial charge in [0.05, 0.1) is 12.1 Å². The van der Waals surface area contributed by atoms with Crippen molar-refractivity contribution in [2.24, 2.45) is 10.9 Å². The van der Waals surface area contributed by atoms with E-state index in [9.17, 15) is 15.3 Å². The number of ether oxygens (including phenoxy) is 1. The van der Waals surface area contributed by atoms with Gasteiger partial charge >= 0.3 is 0 Å². The number of amidine groups is 1. The Morgan fingerprint density at radius 2 is 2.19 bits per heavy atom. The molecule has 118 valence electrons. The Hall–Kier alpha value is -0.600. The van der Waals surface area contributed by atoms with Crippen LogP contribution in [0.15, 0.2) is 17.6 Å². The molecule has 0 aromatic heterocycles. The zero-order valence-corrected chi connectivity index (χ0v) is 12.6. The second-order valence-corrected chi connectivity index (χ2v) is 7.01. The highest BCUT2D eigenvalue weighted by Gasteiger charge is 2.50. The van der Waals surface area contributed by atoms with Gasteiger partial charge in [0.15, 0.2) is 5.17 Å². The largest absolute Gasteiger partial charge is 0.390 e. The number of aliphatic imine (C=N–C) groups is 1. The van der Waals surface area contributed by atoms with E-state index >= 15 is 0 Å². The van der Waals surface area contributed by atoms with Gasteiger partial charge in [-0.1, -0.05) is 17.8 Å². The molecule has 2 heterocycles. The van der Waals surface area contributed by atoms with Crippen molar-refractivity contribution in [3.8, 4) is 0 Å². The number of aliphatic hydroxyl groups excluding tert-OH is 3. The molecule has 3 aliphatic rings. The van der Waals surface area contributed by atoms with Gasteiger partial charge in [0.25, 0.3) is 0 Å². The summed E-state index contributed by atoms with van der Waals surface area (Å²) in [6.07, 6.45) is 0.557. The summed E-state index contributed by atoms with van der Waals surface area (Å²) in [5.41, 5.74) is -0.342. The van der Waals surface area contributed by atoms with Crippen LogP contribution in [-0.4, -0.2) is 62.9 Å². The standard InChI is InChI=1S/C14H22N2O4S/c1-2-3-8(17)12-11(19)10(18)9-13(20-12)21-14(16-9)15-6-7-4-5-7/h2,7-13,17-19H,1,3-6H2,(H,15,16)/t8-,9-,10-,11+,12?,13-/m1/s1. The maximum absolute atomic E-state index is 10.2. The lowest BCUT2D eigenvalue weighted by Crippen LogP contribution is -2.61. The topological polar surface area (TPSA) is 94.3 Å². The number of hydrogen-bond donors (Lipinski definition) is 4. The highest BCUT2D eigenvalue weighted by atomic mass is 32.2. The van der Waals surface area contributed by atoms with Crippen LogP contribution in [0.3, 0.4) is 0 Å². The van der Waals surface area contributed by atoms with Gasteiger partial charge in [-0.05, 0) is 25.2 Å². The molecule has 7 heteroatoms. The molecule has 0 spiro atoms. The third-order valence-electron chi connectivity index (χ3n) is 4.13. The average molecular weight is 314 g/mol. The first kappa shape index (κ1) is 15.3. The van der Waals surface area contributed by atoms with Gasteiger partial charge in [-0.25, -0.2) is 0 Å². The van der Waals surface area contributed by atoms with Crippen LogP contribution in [0, 0.1) is 5.92 Å². The molecule has 4 N–H and O–H groups in total. The predicted molar refractivity (Wildman–Crippen MR) is 81.0 cm³/mol. The van der Waals surface area contributed by atoms with Crippen LogP contribution in [0.5, 0.6) is 0 Å². The molecular weight excluding hydrogens is 292 g/mol. The summed E-state index contributed by atoms with van der Waals surface area (Å²) in [6, 6.07) is -0.393. The molecule has 0 bridgehead atoms. The number of aliphatic hydroxyl groups is 3. The van der Waals surface area contributed by atoms with E-state index < -0.39 is 30.5 Å². The Morgan fingerprint density at radius 1 is 1.43 bits per heavy atom. The van der Waals surface area contributed by atoms with Gasteiger partial charge in [0.2, 0.25) is 0 Å². The summed E-state index contributed by atoms with van der Waals surface area (Å²) in [7, 11) is 0. The van der Waals surface area contributed by atoms with Gasteiger partial charge in [-0.15, -0.1) is 6.58 Å². The van der Waals surface area contributed by atoms with Crippen LogP contribution in [0.2, 0.25) is 0 Å². The Balaban J connectivity index is 1.65. The summed E-state index contributed by atoms with van der Waals surface area (Å²) < 4.78 is 5.77. The number of hydrogen-bond acceptors (Lipinski definition) is 6. The summed E-state index contributed by atoms with van der Waals surface area (Å²) in [6.45, 7) is 4.37. The average Bonchev–Trinajstić information content (AvgIpc) is 3.20. The Bertz CT molecular complexity index is 429. The van der Waals surface area contributed by atoms with Crippen molar-refractivity contribution in [2.45, 2.75) is 55.2 Å². The molecule has 0 aromatic carbocycles. The van der Waals surface area contributed by atoms with E-state index in [2.05, 4.69) is 16.9 Å². The van der Waals surface area contributed by atoms with Crippen LogP contribution in [0.25, 0.3) is 0 Å². The van der Waals surface area contributed by atoms with Gasteiger partial charge in [-0.3, -0.25) is 4.99 Å². The fourth-order valence-electron chi connectivity index (χ4n) is 2.65. The van der Waals surface area contributed by atoms with Gasteiger partial charge < -0.3 is 25.4 Å². The van der Waals surface area contributed by atoms with Crippen LogP contribution in [0.4, 0.5) is 0 Å². The minimum Gasteiger partial charge on any atom is -0.390 e. The van der Waals surface area contributed by atoms with E-state index in [1.54, 1.807) is 6.08 Å². The van der Waals surface area contributed by atoms with Crippen LogP contribution in [0.1, 0.15) is 19.3 Å². The number of nitrogens with one attached hydrogen (secondary N) is 1. The van der Waals surface area contributed by atoms with Crippen LogP contribution >= 0.6 is 11.8 Å². The number of nitrogens with zero attached hydrogens (tertiary/aromatic N) is 1. The highest BCUT2D eigenvalue weighted by Crippen LogP contribution is 2.36. The predicted octanol–water partition coefficient (Wildman–Crippen LogP) is -0.159. The zero-order valence-electron chi connectivity index (χ0n) is 11.8. The first-order chi connectivity index (χ1) is 10.1. The fraction of sp³-hybridized carbons (Fsp3) is 0.786. The Kier molecular flexibility index (Phi) is 4.56. The van der Waals surface area contributed by atoms with E-state index in [-0.39, 0.29) is 5.44 Å². The molecule has 6 atom stereocenters. The molecule has 6 nitrogen and oxygen atoms in total. The highest BCUT2D eigenvalue weighted by molar-refractivity contribution is 8.14. The third-order valence-corrected chi connectivity index (χ3v) is 5.24. The smallest absolute Gasteiger partial charge is 0.159 e. The fourth-order valence-corrected chi connectivity index (χ4v) is 3.78. The second-order valence-electron chi connectivity index (χ2n) is 5.92. The molecule has 0 aromatic rings. The molecule has 2 aliphatic heterocycles. The maximum Gasteiger partial charge on any atom is 0.159 e. The van der Waals surface area contributed by atoms with Crippen LogP contribution < -0.4 is 5.32 Å². The summed E-state index contributed by atoms with van der Waals surface area (Å²) in [4.78, 5) is 4.49. The van der Waals surface area contributed by atoms with Crippen molar-refractivity contribution in [1.29, 1.82) is 0 Å². The van der Waals surface area contributed by atoms with Gasteiger partial charge in [-0.2, -0.15) is 0 Å². The first-order valence-electron chi connectivity index (χ1n) is 7.38. The molecule has 3 fully saturated rings. The lowest BCUT2D eigenvalue weighted by atomic mass is 9.93. The minimum atomic E-state index is -1.13. The van der Waals surface area contributed by atoms with Gasteiger partial charge in [0.1, 0.15) is 23.7 Å². The van der Waals surface area contributed by atoms with Crippen molar-refractivity contribution in [3.63, 3.8) is 0 Å². The van der Waals surface area contributed by atoms with E-state index in [1.165, 1.54) is 24.6 Å². The normalized spacial score (nSPS) is 42.4. The zero-order chi connectivity index (χ0) is 15.0. The molecule has 0 amide bonds. The molecule has 1 aliphatic carbocycles. The molecule has 2 saturated heterocycles.